The van der Waals surface area contributed by atoms with E-state index >= 15 is 0 Å². The maximum absolute atomic E-state index is 12.1. The summed E-state index contributed by atoms with van der Waals surface area (Å²) in [5.41, 5.74) is 0. The predicted octanol–water partition coefficient (Wildman–Crippen LogP) is 1.42. The Morgan fingerprint density at radius 2 is 2.44 bits per heavy atom. The predicted molar refractivity (Wildman–Crippen MR) is 31.5 cm³/mol. The van der Waals surface area contributed by atoms with E-state index in [2.05, 4.69) is 4.74 Å². The second kappa shape index (κ2) is 3.22. The Kier molecular flexibility index (Phi) is 2.24. The number of ether oxygens (including phenoxy) is 1. The molecule has 52 valence electrons. The van der Waals surface area contributed by atoms with Crippen molar-refractivity contribution in [1.82, 2.24) is 0 Å². The number of halogens is 1. The molecule has 0 heterocycles. The van der Waals surface area contributed by atoms with E-state index in [1.165, 1.54) is 0 Å². The Bertz CT molecular complexity index is 154. The van der Waals surface area contributed by atoms with Gasteiger partial charge >= 0.3 is 5.97 Å². The topological polar surface area (TPSA) is 26.3 Å². The summed E-state index contributed by atoms with van der Waals surface area (Å²) in [7, 11) is 0. The van der Waals surface area contributed by atoms with Crippen molar-refractivity contribution in [3.05, 3.63) is 12.4 Å². The van der Waals surface area contributed by atoms with Crippen molar-refractivity contribution in [3.63, 3.8) is 0 Å². The molecule has 0 spiro atoms. The molecule has 0 amide bonds. The third-order valence-corrected chi connectivity index (χ3v) is 0.538. The zero-order chi connectivity index (χ0) is 8.15. The summed E-state index contributed by atoms with van der Waals surface area (Å²) in [6.45, 7) is 3.54. The zero-order valence-corrected chi connectivity index (χ0v) is 5.35. The molecule has 0 unspecified atom stereocenters. The van der Waals surface area contributed by atoms with Crippen LogP contribution in [-0.4, -0.2) is 12.1 Å². The molecule has 0 aliphatic rings. The first-order valence-corrected chi connectivity index (χ1v) is 2.53. The molecule has 0 saturated heterocycles. The summed E-state index contributed by atoms with van der Waals surface area (Å²) in [5, 5.41) is 0. The summed E-state index contributed by atoms with van der Waals surface area (Å²) in [5.74, 6) is -2.25. The number of hydrogen-bond donors (Lipinski definition) is 0. The summed E-state index contributed by atoms with van der Waals surface area (Å²) in [6, 6.07) is 0. The lowest BCUT2D eigenvalue weighted by Crippen LogP contribution is -2.10. The quantitative estimate of drug-likeness (QED) is 0.420. The minimum Gasteiger partial charge on any atom is -0.458 e. The third kappa shape index (κ3) is 3.70. The second-order valence-electron chi connectivity index (χ2n) is 1.80. The van der Waals surface area contributed by atoms with Crippen molar-refractivity contribution in [2.24, 2.45) is 0 Å². The maximum atomic E-state index is 12.1. The van der Waals surface area contributed by atoms with Crippen LogP contribution in [0.15, 0.2) is 12.4 Å². The standard InChI is InChI=1S/C6H9FO2/c1-4(2)9-6(8)5(3)7/h4H,3H2,1-2H3/i3D/b5-3-. The lowest BCUT2D eigenvalue weighted by Gasteiger charge is -2.04. The fraction of sp³-hybridized carbons (Fsp3) is 0.500. The fourth-order valence-electron chi connectivity index (χ4n) is 0.270. The molecule has 2 nitrogen and oxygen atoms in total. The lowest BCUT2D eigenvalue weighted by atomic mass is 10.5. The highest BCUT2D eigenvalue weighted by molar-refractivity contribution is 5.85. The molecular weight excluding hydrogens is 123 g/mol. The smallest absolute Gasteiger partial charge is 0.366 e. The van der Waals surface area contributed by atoms with Crippen LogP contribution in [0.5, 0.6) is 0 Å². The molecule has 3 heteroatoms. The third-order valence-electron chi connectivity index (χ3n) is 0.538. The van der Waals surface area contributed by atoms with E-state index in [1.54, 1.807) is 13.8 Å². The number of rotatable bonds is 2. The molecule has 0 rings (SSSR count). The molecule has 0 saturated carbocycles. The van der Waals surface area contributed by atoms with Crippen LogP contribution < -0.4 is 0 Å². The zero-order valence-electron chi connectivity index (χ0n) is 6.35. The van der Waals surface area contributed by atoms with Gasteiger partial charge in [0.2, 0.25) is 5.83 Å². The first kappa shape index (κ1) is 6.26. The lowest BCUT2D eigenvalue weighted by molar-refractivity contribution is -0.144. The molecular formula is C6H9FO2. The first-order valence-electron chi connectivity index (χ1n) is 3.10. The van der Waals surface area contributed by atoms with Gasteiger partial charge in [-0.3, -0.25) is 0 Å². The highest BCUT2D eigenvalue weighted by Gasteiger charge is 2.07. The minimum absolute atomic E-state index is 0.324. The Hall–Kier alpha value is -0.860. The number of hydrogen-bond acceptors (Lipinski definition) is 2. The van der Waals surface area contributed by atoms with Crippen LogP contribution in [-0.2, 0) is 9.53 Å². The van der Waals surface area contributed by atoms with Crippen molar-refractivity contribution in [3.8, 4) is 0 Å². The summed E-state index contributed by atoms with van der Waals surface area (Å²) in [4.78, 5) is 10.4. The van der Waals surface area contributed by atoms with Crippen LogP contribution in [0.2, 0.25) is 0 Å². The molecule has 0 aromatic rings. The largest absolute Gasteiger partial charge is 0.458 e. The molecule has 0 N–H and O–H groups in total. The van der Waals surface area contributed by atoms with Crippen LogP contribution in [0.1, 0.15) is 15.2 Å². The van der Waals surface area contributed by atoms with Gasteiger partial charge in [-0.2, -0.15) is 4.39 Å². The SMILES string of the molecule is [2H]/C=C(\F)C(=O)OC(C)C. The molecule has 0 aromatic carbocycles. The van der Waals surface area contributed by atoms with Gasteiger partial charge in [0.15, 0.2) is 0 Å². The number of carbonyl (C=O) groups excluding carboxylic acids is 1. The Labute approximate surface area is 54.7 Å². The molecule has 0 aliphatic carbocycles. The van der Waals surface area contributed by atoms with E-state index in [1.807, 2.05) is 0 Å². The number of carbonyl (C=O) groups is 1. The molecule has 9 heavy (non-hydrogen) atoms. The van der Waals surface area contributed by atoms with Gasteiger partial charge < -0.3 is 4.74 Å². The van der Waals surface area contributed by atoms with Gasteiger partial charge in [-0.05, 0) is 13.8 Å². The average Bonchev–Trinajstić information content (AvgIpc) is 1.85. The summed E-state index contributed by atoms with van der Waals surface area (Å²) in [6.07, 6.45) is -0.349. The van der Waals surface area contributed by atoms with Crippen molar-refractivity contribution < 1.29 is 15.3 Å². The van der Waals surface area contributed by atoms with Crippen molar-refractivity contribution in [2.75, 3.05) is 0 Å². The summed E-state index contributed by atoms with van der Waals surface area (Å²) >= 11 is 0. The van der Waals surface area contributed by atoms with E-state index in [4.69, 9.17) is 1.37 Å². The van der Waals surface area contributed by atoms with Gasteiger partial charge in [0.25, 0.3) is 0 Å². The first-order chi connectivity index (χ1) is 4.57. The summed E-state index contributed by atoms with van der Waals surface area (Å²) < 4.78 is 22.8. The molecule has 0 bridgehead atoms. The Morgan fingerprint density at radius 3 is 2.78 bits per heavy atom. The van der Waals surface area contributed by atoms with E-state index in [0.29, 0.717) is 6.55 Å². The van der Waals surface area contributed by atoms with Gasteiger partial charge in [0, 0.05) is 0 Å². The normalized spacial score (nSPS) is 13.3. The van der Waals surface area contributed by atoms with E-state index in [9.17, 15) is 9.18 Å². The van der Waals surface area contributed by atoms with Crippen LogP contribution in [0.25, 0.3) is 0 Å². The molecule has 0 radical (unpaired) electrons. The van der Waals surface area contributed by atoms with Crippen molar-refractivity contribution in [2.45, 2.75) is 20.0 Å². The van der Waals surface area contributed by atoms with Crippen molar-refractivity contribution in [1.29, 1.82) is 0 Å². The molecule has 0 fully saturated rings. The minimum atomic E-state index is -1.17. The van der Waals surface area contributed by atoms with Crippen LogP contribution in [0.4, 0.5) is 4.39 Å². The van der Waals surface area contributed by atoms with Gasteiger partial charge in [0.05, 0.1) is 7.47 Å². The van der Waals surface area contributed by atoms with Crippen molar-refractivity contribution >= 4 is 5.97 Å². The van der Waals surface area contributed by atoms with E-state index in [-0.39, 0.29) is 6.10 Å². The highest BCUT2D eigenvalue weighted by atomic mass is 19.1. The average molecular weight is 133 g/mol. The van der Waals surface area contributed by atoms with Crippen LogP contribution in [0.3, 0.4) is 0 Å². The van der Waals surface area contributed by atoms with E-state index < -0.39 is 11.8 Å². The monoisotopic (exact) mass is 133 g/mol. The maximum Gasteiger partial charge on any atom is 0.366 e. The second-order valence-corrected chi connectivity index (χ2v) is 1.80. The highest BCUT2D eigenvalue weighted by Crippen LogP contribution is 1.98. The fourth-order valence-corrected chi connectivity index (χ4v) is 0.270. The molecule has 0 aliphatic heterocycles. The van der Waals surface area contributed by atoms with E-state index in [0.717, 1.165) is 0 Å². The van der Waals surface area contributed by atoms with Crippen LogP contribution in [0, 0.1) is 0 Å². The molecule has 0 aromatic heterocycles. The van der Waals surface area contributed by atoms with Gasteiger partial charge in [-0.25, -0.2) is 4.79 Å². The number of esters is 1. The Morgan fingerprint density at radius 1 is 1.89 bits per heavy atom. The van der Waals surface area contributed by atoms with Gasteiger partial charge in [-0.15, -0.1) is 0 Å². The Balaban J connectivity index is 3.86. The molecule has 0 atom stereocenters. The van der Waals surface area contributed by atoms with Gasteiger partial charge in [-0.1, -0.05) is 6.55 Å². The van der Waals surface area contributed by atoms with Crippen LogP contribution >= 0.6 is 0 Å². The van der Waals surface area contributed by atoms with Gasteiger partial charge in [0.1, 0.15) is 0 Å².